The highest BCUT2D eigenvalue weighted by molar-refractivity contribution is 7.92. The second-order valence-electron chi connectivity index (χ2n) is 5.12. The molecule has 2 N–H and O–H groups in total. The fraction of sp³-hybridized carbons (Fsp3) is 0.462. The van der Waals surface area contributed by atoms with Crippen molar-refractivity contribution in [2.75, 3.05) is 30.6 Å². The van der Waals surface area contributed by atoms with Gasteiger partial charge >= 0.3 is 0 Å². The summed E-state index contributed by atoms with van der Waals surface area (Å²) in [6.07, 6.45) is 0.930. The van der Waals surface area contributed by atoms with Gasteiger partial charge in [-0.1, -0.05) is 0 Å². The van der Waals surface area contributed by atoms with Crippen molar-refractivity contribution >= 4 is 34.0 Å². The Morgan fingerprint density at radius 3 is 2.73 bits per heavy atom. The largest absolute Gasteiger partial charge is 0.333 e. The Labute approximate surface area is 135 Å². The lowest BCUT2D eigenvalue weighted by Crippen LogP contribution is -2.52. The van der Waals surface area contributed by atoms with Gasteiger partial charge in [0.05, 0.1) is 11.9 Å². The standard InChI is InChI=1S/C13H18FN3O3S.ClH/c1-9-8-15-5-6-17(9)13(18)10-3-4-11(14)12(7-10)16-21(2,19)20;/h3-4,7,9,15-16H,5-6,8H2,1-2H3;1H. The average Bonchev–Trinajstić information content (AvgIpc) is 2.39. The first-order valence-electron chi connectivity index (χ1n) is 6.57. The first kappa shape index (κ1) is 18.7. The molecule has 0 saturated carbocycles. The molecule has 1 aromatic carbocycles. The zero-order valence-electron chi connectivity index (χ0n) is 12.3. The van der Waals surface area contributed by atoms with Crippen molar-refractivity contribution in [3.63, 3.8) is 0 Å². The van der Waals surface area contributed by atoms with E-state index in [0.717, 1.165) is 12.3 Å². The predicted molar refractivity (Wildman–Crippen MR) is 85.5 cm³/mol. The minimum Gasteiger partial charge on any atom is -0.333 e. The highest BCUT2D eigenvalue weighted by Crippen LogP contribution is 2.19. The third kappa shape index (κ3) is 4.56. The van der Waals surface area contributed by atoms with Gasteiger partial charge in [0.25, 0.3) is 5.91 Å². The number of rotatable bonds is 3. The Kier molecular flexibility index (Phi) is 6.16. The maximum absolute atomic E-state index is 13.6. The molecule has 1 aliphatic rings. The molecule has 6 nitrogen and oxygen atoms in total. The topological polar surface area (TPSA) is 78.5 Å². The third-order valence-corrected chi connectivity index (χ3v) is 3.86. The molecule has 1 amide bonds. The molecule has 0 bridgehead atoms. The van der Waals surface area contributed by atoms with Gasteiger partial charge in [-0.2, -0.15) is 0 Å². The molecule has 9 heteroatoms. The van der Waals surface area contributed by atoms with Gasteiger partial charge in [-0.3, -0.25) is 9.52 Å². The van der Waals surface area contributed by atoms with Crippen LogP contribution in [0.5, 0.6) is 0 Å². The molecule has 1 heterocycles. The van der Waals surface area contributed by atoms with Gasteiger partial charge in [-0.05, 0) is 25.1 Å². The van der Waals surface area contributed by atoms with E-state index in [4.69, 9.17) is 0 Å². The molecule has 1 atom stereocenters. The van der Waals surface area contributed by atoms with Crippen LogP contribution in [0.25, 0.3) is 0 Å². The number of piperazine rings is 1. The Bertz CT molecular complexity index is 654. The summed E-state index contributed by atoms with van der Waals surface area (Å²) < 4.78 is 38.1. The second-order valence-corrected chi connectivity index (χ2v) is 6.87. The van der Waals surface area contributed by atoms with Gasteiger partial charge < -0.3 is 10.2 Å². The average molecular weight is 352 g/mol. The summed E-state index contributed by atoms with van der Waals surface area (Å²) in [6.45, 7) is 3.88. The fourth-order valence-corrected chi connectivity index (χ4v) is 2.80. The van der Waals surface area contributed by atoms with Crippen LogP contribution >= 0.6 is 12.4 Å². The fourth-order valence-electron chi connectivity index (χ4n) is 2.24. The van der Waals surface area contributed by atoms with Gasteiger partial charge in [0.1, 0.15) is 5.82 Å². The van der Waals surface area contributed by atoms with E-state index in [1.54, 1.807) is 4.90 Å². The molecular formula is C13H19ClFN3O3S. The lowest BCUT2D eigenvalue weighted by Gasteiger charge is -2.34. The van der Waals surface area contributed by atoms with Crippen LogP contribution < -0.4 is 10.0 Å². The first-order chi connectivity index (χ1) is 9.78. The van der Waals surface area contributed by atoms with Crippen molar-refractivity contribution in [1.29, 1.82) is 0 Å². The number of nitrogens with one attached hydrogen (secondary N) is 2. The summed E-state index contributed by atoms with van der Waals surface area (Å²) >= 11 is 0. The number of sulfonamides is 1. The van der Waals surface area contributed by atoms with Crippen molar-refractivity contribution in [3.05, 3.63) is 29.6 Å². The van der Waals surface area contributed by atoms with Crippen LogP contribution in [0, 0.1) is 5.82 Å². The minimum absolute atomic E-state index is 0. The molecule has 1 saturated heterocycles. The molecule has 0 aliphatic carbocycles. The number of amides is 1. The summed E-state index contributed by atoms with van der Waals surface area (Å²) in [4.78, 5) is 14.1. The molecule has 1 unspecified atom stereocenters. The number of carbonyl (C=O) groups excluding carboxylic acids is 1. The molecule has 22 heavy (non-hydrogen) atoms. The van der Waals surface area contributed by atoms with E-state index < -0.39 is 15.8 Å². The molecule has 0 aromatic heterocycles. The maximum atomic E-state index is 13.6. The summed E-state index contributed by atoms with van der Waals surface area (Å²) in [6, 6.07) is 3.71. The molecule has 0 spiro atoms. The zero-order valence-corrected chi connectivity index (χ0v) is 13.9. The smallest absolute Gasteiger partial charge is 0.254 e. The molecule has 0 radical (unpaired) electrons. The lowest BCUT2D eigenvalue weighted by molar-refractivity contribution is 0.0655. The highest BCUT2D eigenvalue weighted by Gasteiger charge is 2.24. The Hall–Kier alpha value is -1.38. The first-order valence-corrected chi connectivity index (χ1v) is 8.46. The lowest BCUT2D eigenvalue weighted by atomic mass is 10.1. The SMILES string of the molecule is CC1CNCCN1C(=O)c1ccc(F)c(NS(C)(=O)=O)c1.Cl. The van der Waals surface area contributed by atoms with E-state index in [1.165, 1.54) is 12.1 Å². The van der Waals surface area contributed by atoms with Gasteiger partial charge in [0, 0.05) is 31.2 Å². The van der Waals surface area contributed by atoms with Crippen molar-refractivity contribution < 1.29 is 17.6 Å². The van der Waals surface area contributed by atoms with Crippen LogP contribution in [0.15, 0.2) is 18.2 Å². The molecular weight excluding hydrogens is 333 g/mol. The Morgan fingerprint density at radius 1 is 1.45 bits per heavy atom. The third-order valence-electron chi connectivity index (χ3n) is 3.27. The number of carbonyl (C=O) groups is 1. The number of halogens is 2. The van der Waals surface area contributed by atoms with Crippen LogP contribution in [-0.4, -0.2) is 51.2 Å². The van der Waals surface area contributed by atoms with Crippen LogP contribution in [0.3, 0.4) is 0 Å². The molecule has 2 rings (SSSR count). The minimum atomic E-state index is -3.60. The number of hydrogen-bond acceptors (Lipinski definition) is 4. The molecule has 124 valence electrons. The van der Waals surface area contributed by atoms with E-state index in [1.807, 2.05) is 6.92 Å². The Morgan fingerprint density at radius 2 is 2.14 bits per heavy atom. The monoisotopic (exact) mass is 351 g/mol. The van der Waals surface area contributed by atoms with Crippen molar-refractivity contribution in [1.82, 2.24) is 10.2 Å². The normalized spacial score (nSPS) is 18.5. The maximum Gasteiger partial charge on any atom is 0.254 e. The molecule has 1 aromatic rings. The van der Waals surface area contributed by atoms with Gasteiger partial charge in [0.2, 0.25) is 10.0 Å². The Balaban J connectivity index is 0.00000242. The zero-order chi connectivity index (χ0) is 15.6. The summed E-state index contributed by atoms with van der Waals surface area (Å²) in [5.41, 5.74) is 0.0439. The van der Waals surface area contributed by atoms with Gasteiger partial charge in [-0.25, -0.2) is 12.8 Å². The van der Waals surface area contributed by atoms with Crippen molar-refractivity contribution in [2.45, 2.75) is 13.0 Å². The summed E-state index contributed by atoms with van der Waals surface area (Å²) in [5.74, 6) is -0.953. The van der Waals surface area contributed by atoms with Crippen molar-refractivity contribution in [2.24, 2.45) is 0 Å². The predicted octanol–water partition coefficient (Wildman–Crippen LogP) is 1.05. The number of benzene rings is 1. The second kappa shape index (κ2) is 7.26. The van der Waals surface area contributed by atoms with E-state index in [0.29, 0.717) is 19.6 Å². The van der Waals surface area contributed by atoms with E-state index in [-0.39, 0.29) is 35.6 Å². The number of anilines is 1. The van der Waals surface area contributed by atoms with E-state index >= 15 is 0 Å². The van der Waals surface area contributed by atoms with Gasteiger partial charge in [-0.15, -0.1) is 12.4 Å². The number of hydrogen-bond donors (Lipinski definition) is 2. The van der Waals surface area contributed by atoms with E-state index in [2.05, 4.69) is 10.0 Å². The molecule has 1 fully saturated rings. The van der Waals surface area contributed by atoms with Crippen LogP contribution in [0.4, 0.5) is 10.1 Å². The number of nitrogens with zero attached hydrogens (tertiary/aromatic N) is 1. The summed E-state index contributed by atoms with van der Waals surface area (Å²) in [5, 5.41) is 3.18. The van der Waals surface area contributed by atoms with Crippen molar-refractivity contribution in [3.8, 4) is 0 Å². The van der Waals surface area contributed by atoms with Crippen LogP contribution in [0.1, 0.15) is 17.3 Å². The summed E-state index contributed by atoms with van der Waals surface area (Å²) in [7, 11) is -3.60. The van der Waals surface area contributed by atoms with Crippen LogP contribution in [0.2, 0.25) is 0 Å². The van der Waals surface area contributed by atoms with E-state index in [9.17, 15) is 17.6 Å². The van der Waals surface area contributed by atoms with Gasteiger partial charge in [0.15, 0.2) is 0 Å². The highest BCUT2D eigenvalue weighted by atomic mass is 35.5. The van der Waals surface area contributed by atoms with Crippen LogP contribution in [-0.2, 0) is 10.0 Å². The molecule has 1 aliphatic heterocycles. The quantitative estimate of drug-likeness (QED) is 0.853.